The van der Waals surface area contributed by atoms with Crippen molar-refractivity contribution in [2.45, 2.75) is 37.8 Å². The topological polar surface area (TPSA) is 43.8 Å². The van der Waals surface area contributed by atoms with Crippen LogP contribution in [0.15, 0.2) is 54.6 Å². The number of piperidine rings is 1. The summed E-state index contributed by atoms with van der Waals surface area (Å²) in [6.45, 7) is 3.53. The molecule has 4 rings (SSSR count). The van der Waals surface area contributed by atoms with Crippen molar-refractivity contribution in [3.8, 4) is 5.75 Å². The highest BCUT2D eigenvalue weighted by Crippen LogP contribution is 2.31. The second kappa shape index (κ2) is 7.50. The SMILES string of the molecule is O=C1[C@@H](N2CCC(c3ccc(O)cc3)CC2)CCN1Cc1ccccc1. The second-order valence-electron chi connectivity index (χ2n) is 7.45. The van der Waals surface area contributed by atoms with Gasteiger partial charge in [0.25, 0.3) is 0 Å². The zero-order chi connectivity index (χ0) is 17.9. The van der Waals surface area contributed by atoms with Crippen molar-refractivity contribution >= 4 is 5.91 Å². The molecule has 2 saturated heterocycles. The Hall–Kier alpha value is -2.33. The number of nitrogens with zero attached hydrogens (tertiary/aromatic N) is 2. The number of amides is 1. The lowest BCUT2D eigenvalue weighted by atomic mass is 9.89. The Kier molecular flexibility index (Phi) is 4.93. The minimum absolute atomic E-state index is 0.0551. The molecule has 1 amide bonds. The number of rotatable bonds is 4. The van der Waals surface area contributed by atoms with Gasteiger partial charge in [-0.2, -0.15) is 0 Å². The van der Waals surface area contributed by atoms with Crippen molar-refractivity contribution in [3.63, 3.8) is 0 Å². The molecule has 4 nitrogen and oxygen atoms in total. The minimum atomic E-state index is 0.0551. The molecule has 4 heteroatoms. The van der Waals surface area contributed by atoms with Gasteiger partial charge < -0.3 is 10.0 Å². The number of benzene rings is 2. The number of hydrogen-bond donors (Lipinski definition) is 1. The summed E-state index contributed by atoms with van der Waals surface area (Å²) in [5.41, 5.74) is 2.50. The number of aromatic hydroxyl groups is 1. The van der Waals surface area contributed by atoms with Crippen LogP contribution in [0.2, 0.25) is 0 Å². The maximum Gasteiger partial charge on any atom is 0.240 e. The molecule has 2 aliphatic rings. The largest absolute Gasteiger partial charge is 0.508 e. The second-order valence-corrected chi connectivity index (χ2v) is 7.45. The lowest BCUT2D eigenvalue weighted by Gasteiger charge is -2.35. The minimum Gasteiger partial charge on any atom is -0.508 e. The molecule has 0 unspecified atom stereocenters. The van der Waals surface area contributed by atoms with E-state index in [9.17, 15) is 9.90 Å². The average Bonchev–Trinajstić information content (AvgIpc) is 3.04. The predicted molar refractivity (Wildman–Crippen MR) is 102 cm³/mol. The molecule has 0 aromatic heterocycles. The lowest BCUT2D eigenvalue weighted by Crippen LogP contribution is -2.45. The first-order valence-electron chi connectivity index (χ1n) is 9.56. The third kappa shape index (κ3) is 3.61. The fourth-order valence-electron chi connectivity index (χ4n) is 4.31. The smallest absolute Gasteiger partial charge is 0.240 e. The molecular weight excluding hydrogens is 324 g/mol. The van der Waals surface area contributed by atoms with E-state index in [1.807, 2.05) is 35.2 Å². The van der Waals surface area contributed by atoms with Gasteiger partial charge in [0.2, 0.25) is 5.91 Å². The fourth-order valence-corrected chi connectivity index (χ4v) is 4.31. The van der Waals surface area contributed by atoms with Gasteiger partial charge in [-0.05, 0) is 61.5 Å². The molecule has 0 aliphatic carbocycles. The summed E-state index contributed by atoms with van der Waals surface area (Å²) in [5.74, 6) is 1.14. The zero-order valence-corrected chi connectivity index (χ0v) is 15.1. The monoisotopic (exact) mass is 350 g/mol. The molecule has 1 N–H and O–H groups in total. The number of carbonyl (C=O) groups is 1. The van der Waals surface area contributed by atoms with Gasteiger partial charge in [-0.3, -0.25) is 9.69 Å². The van der Waals surface area contributed by atoms with Gasteiger partial charge in [-0.1, -0.05) is 42.5 Å². The Balaban J connectivity index is 1.33. The molecule has 1 atom stereocenters. The Bertz CT molecular complexity index is 736. The Morgan fingerprint density at radius 2 is 1.58 bits per heavy atom. The number of phenols is 1. The molecule has 2 aromatic carbocycles. The molecule has 0 spiro atoms. The molecule has 2 aromatic rings. The Morgan fingerprint density at radius 1 is 0.885 bits per heavy atom. The molecule has 2 heterocycles. The molecule has 0 bridgehead atoms. The highest BCUT2D eigenvalue weighted by molar-refractivity contribution is 5.84. The first kappa shape index (κ1) is 17.1. The van der Waals surface area contributed by atoms with Crippen molar-refractivity contribution in [1.29, 1.82) is 0 Å². The standard InChI is InChI=1S/C22H26N2O2/c25-20-8-6-18(7-9-20)19-10-13-23(14-11-19)21-12-15-24(22(21)26)16-17-4-2-1-3-5-17/h1-9,19,21,25H,10-16H2/t21-/m0/s1. The van der Waals surface area contributed by atoms with Crippen molar-refractivity contribution in [1.82, 2.24) is 9.80 Å². The van der Waals surface area contributed by atoms with Crippen molar-refractivity contribution < 1.29 is 9.90 Å². The van der Waals surface area contributed by atoms with Crippen LogP contribution in [0.1, 0.15) is 36.3 Å². The molecule has 2 aliphatic heterocycles. The van der Waals surface area contributed by atoms with E-state index in [0.717, 1.165) is 45.4 Å². The highest BCUT2D eigenvalue weighted by Gasteiger charge is 2.37. The van der Waals surface area contributed by atoms with Gasteiger partial charge in [0.05, 0.1) is 6.04 Å². The maximum absolute atomic E-state index is 12.9. The van der Waals surface area contributed by atoms with Crippen LogP contribution in [-0.2, 0) is 11.3 Å². The summed E-state index contributed by atoms with van der Waals surface area (Å²) >= 11 is 0. The Labute approximate surface area is 155 Å². The number of phenolic OH excluding ortho intramolecular Hbond substituents is 1. The summed E-state index contributed by atoms with van der Waals surface area (Å²) in [7, 11) is 0. The summed E-state index contributed by atoms with van der Waals surface area (Å²) in [6.07, 6.45) is 3.09. The third-order valence-corrected chi connectivity index (χ3v) is 5.82. The third-order valence-electron chi connectivity index (χ3n) is 5.82. The van der Waals surface area contributed by atoms with Crippen LogP contribution in [0.4, 0.5) is 0 Å². The van der Waals surface area contributed by atoms with Crippen molar-refractivity contribution in [2.75, 3.05) is 19.6 Å². The normalized spacial score (nSPS) is 22.1. The number of hydrogen-bond acceptors (Lipinski definition) is 3. The Morgan fingerprint density at radius 3 is 2.27 bits per heavy atom. The average molecular weight is 350 g/mol. The van der Waals surface area contributed by atoms with Gasteiger partial charge in [-0.15, -0.1) is 0 Å². The van der Waals surface area contributed by atoms with Crippen LogP contribution in [-0.4, -0.2) is 46.5 Å². The molecule has 136 valence electrons. The quantitative estimate of drug-likeness (QED) is 0.919. The van der Waals surface area contributed by atoms with Crippen LogP contribution in [0.3, 0.4) is 0 Å². The van der Waals surface area contributed by atoms with Crippen LogP contribution < -0.4 is 0 Å². The van der Waals surface area contributed by atoms with Crippen LogP contribution in [0, 0.1) is 0 Å². The van der Waals surface area contributed by atoms with E-state index >= 15 is 0 Å². The fraction of sp³-hybridized carbons (Fsp3) is 0.409. The van der Waals surface area contributed by atoms with E-state index in [4.69, 9.17) is 0 Å². The summed E-state index contributed by atoms with van der Waals surface area (Å²) in [6, 6.07) is 17.9. The maximum atomic E-state index is 12.9. The first-order chi connectivity index (χ1) is 12.7. The molecule has 0 saturated carbocycles. The summed E-state index contributed by atoms with van der Waals surface area (Å²) < 4.78 is 0. The number of likely N-dealkylation sites (tertiary alicyclic amines) is 2. The molecular formula is C22H26N2O2. The first-order valence-corrected chi connectivity index (χ1v) is 9.56. The van der Waals surface area contributed by atoms with Crippen LogP contribution in [0.25, 0.3) is 0 Å². The van der Waals surface area contributed by atoms with Gasteiger partial charge >= 0.3 is 0 Å². The van der Waals surface area contributed by atoms with E-state index in [1.54, 1.807) is 12.1 Å². The van der Waals surface area contributed by atoms with E-state index in [2.05, 4.69) is 17.0 Å². The predicted octanol–water partition coefficient (Wildman–Crippen LogP) is 3.37. The van der Waals surface area contributed by atoms with Gasteiger partial charge in [-0.25, -0.2) is 0 Å². The van der Waals surface area contributed by atoms with Gasteiger partial charge in [0, 0.05) is 13.1 Å². The highest BCUT2D eigenvalue weighted by atomic mass is 16.3. The molecule has 0 radical (unpaired) electrons. The van der Waals surface area contributed by atoms with Gasteiger partial charge in [0.15, 0.2) is 0 Å². The summed E-state index contributed by atoms with van der Waals surface area (Å²) in [4.78, 5) is 17.2. The number of carbonyl (C=O) groups excluding carboxylic acids is 1. The lowest BCUT2D eigenvalue weighted by molar-refractivity contribution is -0.133. The molecule has 2 fully saturated rings. The van der Waals surface area contributed by atoms with Crippen molar-refractivity contribution in [3.05, 3.63) is 65.7 Å². The van der Waals surface area contributed by atoms with Crippen molar-refractivity contribution in [2.24, 2.45) is 0 Å². The van der Waals surface area contributed by atoms with Crippen LogP contribution >= 0.6 is 0 Å². The van der Waals surface area contributed by atoms with Gasteiger partial charge in [0.1, 0.15) is 5.75 Å². The molecule has 26 heavy (non-hydrogen) atoms. The van der Waals surface area contributed by atoms with E-state index in [-0.39, 0.29) is 11.9 Å². The van der Waals surface area contributed by atoms with E-state index in [1.165, 1.54) is 11.1 Å². The zero-order valence-electron chi connectivity index (χ0n) is 15.1. The summed E-state index contributed by atoms with van der Waals surface area (Å²) in [5, 5.41) is 9.45. The van der Waals surface area contributed by atoms with E-state index < -0.39 is 0 Å². The van der Waals surface area contributed by atoms with Crippen LogP contribution in [0.5, 0.6) is 5.75 Å². The van der Waals surface area contributed by atoms with E-state index in [0.29, 0.717) is 11.7 Å².